The van der Waals surface area contributed by atoms with Gasteiger partial charge in [-0.3, -0.25) is 4.79 Å². The molecule has 0 radical (unpaired) electrons. The van der Waals surface area contributed by atoms with Crippen LogP contribution in [0.25, 0.3) is 0 Å². The van der Waals surface area contributed by atoms with Crippen LogP contribution < -0.4 is 15.4 Å². The van der Waals surface area contributed by atoms with Crippen LogP contribution in [0.2, 0.25) is 0 Å². The minimum Gasteiger partial charge on any atom is -0.435 e. The number of nitrogens with zero attached hydrogens (tertiary/aromatic N) is 1. The van der Waals surface area contributed by atoms with Crippen molar-refractivity contribution in [1.82, 2.24) is 10.2 Å². The number of benzene rings is 2. The maximum Gasteiger partial charge on any atom is 0.387 e. The topological polar surface area (TPSA) is 70.7 Å². The van der Waals surface area contributed by atoms with Crippen LogP contribution in [0.3, 0.4) is 0 Å². The van der Waals surface area contributed by atoms with Crippen molar-refractivity contribution in [2.24, 2.45) is 0 Å². The molecule has 3 rings (SSSR count). The lowest BCUT2D eigenvalue weighted by Crippen LogP contribution is -2.38. The number of carbonyl (C=O) groups excluding carboxylic acids is 2. The summed E-state index contributed by atoms with van der Waals surface area (Å²) < 4.78 is 29.1. The largest absolute Gasteiger partial charge is 0.435 e. The molecule has 6 nitrogen and oxygen atoms in total. The van der Waals surface area contributed by atoms with Crippen LogP contribution in [0, 0.1) is 0 Å². The molecule has 2 aromatic carbocycles. The first-order valence-electron chi connectivity index (χ1n) is 9.97. The Balaban J connectivity index is 1.50. The van der Waals surface area contributed by atoms with Crippen LogP contribution in [0.1, 0.15) is 24.1 Å². The second kappa shape index (κ2) is 11.0. The number of rotatable bonds is 7. The zero-order valence-electron chi connectivity index (χ0n) is 17.1. The third-order valence-electron chi connectivity index (χ3n) is 4.86. The lowest BCUT2D eigenvalue weighted by molar-refractivity contribution is -0.130. The van der Waals surface area contributed by atoms with Gasteiger partial charge in [0.25, 0.3) is 0 Å². The van der Waals surface area contributed by atoms with Crippen molar-refractivity contribution in [1.29, 1.82) is 0 Å². The molecule has 2 aromatic rings. The number of nitrogens with one attached hydrogen (secondary N) is 2. The molecule has 0 saturated carbocycles. The van der Waals surface area contributed by atoms with Gasteiger partial charge in [0.1, 0.15) is 5.75 Å². The number of amides is 3. The first-order valence-corrected chi connectivity index (χ1v) is 11.1. The van der Waals surface area contributed by atoms with E-state index in [1.54, 1.807) is 31.2 Å². The maximum absolute atomic E-state index is 12.4. The Kier molecular flexibility index (Phi) is 8.11. The molecule has 9 heteroatoms. The van der Waals surface area contributed by atoms with Crippen molar-refractivity contribution in [2.75, 3.05) is 29.9 Å². The fourth-order valence-corrected chi connectivity index (χ4v) is 4.12. The zero-order valence-corrected chi connectivity index (χ0v) is 18.0. The molecule has 31 heavy (non-hydrogen) atoms. The smallest absolute Gasteiger partial charge is 0.387 e. The quantitative estimate of drug-likeness (QED) is 0.662. The van der Waals surface area contributed by atoms with E-state index >= 15 is 0 Å². The second-order valence-corrected chi connectivity index (χ2v) is 8.36. The first kappa shape index (κ1) is 22.9. The van der Waals surface area contributed by atoms with Gasteiger partial charge in [-0.25, -0.2) is 4.79 Å². The molecule has 166 valence electrons. The molecule has 0 bridgehead atoms. The number of alkyl halides is 2. The number of thioether (sulfide) groups is 1. The minimum atomic E-state index is -2.90. The molecular formula is C22H25F2N3O3S. The van der Waals surface area contributed by atoms with Gasteiger partial charge in [-0.15, -0.1) is 0 Å². The predicted octanol–water partition coefficient (Wildman–Crippen LogP) is 4.29. The summed E-state index contributed by atoms with van der Waals surface area (Å²) in [4.78, 5) is 26.5. The van der Waals surface area contributed by atoms with Gasteiger partial charge in [-0.2, -0.15) is 20.5 Å². The standard InChI is InChI=1S/C22H25F2N3O3S/c1-15(17-3-2-4-19(14-17)30-21(23)24)25-22(29)26-18-7-5-16(6-8-18)13-20(28)27-9-11-31-12-10-27/h2-8,14-15,21H,9-13H2,1H3,(H2,25,26,29). The van der Waals surface area contributed by atoms with Gasteiger partial charge in [0.2, 0.25) is 5.91 Å². The van der Waals surface area contributed by atoms with Gasteiger partial charge in [-0.1, -0.05) is 24.3 Å². The van der Waals surface area contributed by atoms with Crippen LogP contribution in [0.15, 0.2) is 48.5 Å². The Bertz CT molecular complexity index is 890. The van der Waals surface area contributed by atoms with Crippen LogP contribution in [-0.4, -0.2) is 48.0 Å². The molecule has 1 unspecified atom stereocenters. The summed E-state index contributed by atoms with van der Waals surface area (Å²) in [5.41, 5.74) is 2.11. The molecule has 2 N–H and O–H groups in total. The summed E-state index contributed by atoms with van der Waals surface area (Å²) in [5.74, 6) is 2.11. The van der Waals surface area contributed by atoms with Gasteiger partial charge in [0.15, 0.2) is 0 Å². The van der Waals surface area contributed by atoms with Gasteiger partial charge >= 0.3 is 12.6 Å². The van der Waals surface area contributed by atoms with E-state index in [2.05, 4.69) is 15.4 Å². The number of carbonyl (C=O) groups is 2. The number of urea groups is 1. The Morgan fingerprint density at radius 2 is 1.84 bits per heavy atom. The normalized spacial score (nSPS) is 14.8. The van der Waals surface area contributed by atoms with Crippen LogP contribution in [0.5, 0.6) is 5.75 Å². The van der Waals surface area contributed by atoms with Crippen molar-refractivity contribution < 1.29 is 23.1 Å². The first-order chi connectivity index (χ1) is 14.9. The highest BCUT2D eigenvalue weighted by Crippen LogP contribution is 2.21. The monoisotopic (exact) mass is 449 g/mol. The summed E-state index contributed by atoms with van der Waals surface area (Å²) in [6, 6.07) is 12.5. The van der Waals surface area contributed by atoms with E-state index in [0.717, 1.165) is 30.2 Å². The summed E-state index contributed by atoms with van der Waals surface area (Å²) in [7, 11) is 0. The number of ether oxygens (including phenoxy) is 1. The van der Waals surface area contributed by atoms with Gasteiger partial charge in [0, 0.05) is 30.3 Å². The summed E-state index contributed by atoms with van der Waals surface area (Å²) in [5, 5.41) is 5.49. The molecule has 1 aliphatic rings. The molecule has 1 aliphatic heterocycles. The second-order valence-electron chi connectivity index (χ2n) is 7.14. The van der Waals surface area contributed by atoms with Crippen LogP contribution in [0.4, 0.5) is 19.3 Å². The molecule has 0 aromatic heterocycles. The lowest BCUT2D eigenvalue weighted by Gasteiger charge is -2.26. The van der Waals surface area contributed by atoms with Crippen molar-refractivity contribution in [2.45, 2.75) is 26.0 Å². The van der Waals surface area contributed by atoms with Gasteiger partial charge in [0.05, 0.1) is 12.5 Å². The fourth-order valence-electron chi connectivity index (χ4n) is 3.21. The van der Waals surface area contributed by atoms with E-state index in [1.165, 1.54) is 12.1 Å². The lowest BCUT2D eigenvalue weighted by atomic mass is 10.1. The average Bonchev–Trinajstić information content (AvgIpc) is 2.75. The molecule has 1 saturated heterocycles. The van der Waals surface area contributed by atoms with Crippen molar-refractivity contribution in [3.63, 3.8) is 0 Å². The fraction of sp³-hybridized carbons (Fsp3) is 0.364. The van der Waals surface area contributed by atoms with Crippen molar-refractivity contribution in [3.05, 3.63) is 59.7 Å². The summed E-state index contributed by atoms with van der Waals surface area (Å²) >= 11 is 1.86. The van der Waals surface area contributed by atoms with E-state index in [4.69, 9.17) is 0 Å². The number of anilines is 1. The molecule has 1 fully saturated rings. The third kappa shape index (κ3) is 7.13. The third-order valence-corrected chi connectivity index (χ3v) is 5.80. The average molecular weight is 450 g/mol. The van der Waals surface area contributed by atoms with E-state index in [9.17, 15) is 18.4 Å². The molecule has 0 aliphatic carbocycles. The molecule has 3 amide bonds. The maximum atomic E-state index is 12.4. The van der Waals surface area contributed by atoms with Crippen molar-refractivity contribution in [3.8, 4) is 5.75 Å². The summed E-state index contributed by atoms with van der Waals surface area (Å²) in [6.45, 7) is 0.422. The van der Waals surface area contributed by atoms with E-state index in [0.29, 0.717) is 17.7 Å². The highest BCUT2D eigenvalue weighted by Gasteiger charge is 2.17. The molecule has 0 spiro atoms. The predicted molar refractivity (Wildman–Crippen MR) is 118 cm³/mol. The van der Waals surface area contributed by atoms with E-state index < -0.39 is 18.7 Å². The minimum absolute atomic E-state index is 0.0370. The molecule has 1 atom stereocenters. The van der Waals surface area contributed by atoms with E-state index in [1.807, 2.05) is 28.8 Å². The summed E-state index contributed by atoms with van der Waals surface area (Å²) in [6.07, 6.45) is 0.338. The van der Waals surface area contributed by atoms with Crippen LogP contribution >= 0.6 is 11.8 Å². The van der Waals surface area contributed by atoms with Gasteiger partial charge < -0.3 is 20.3 Å². The number of hydrogen-bond acceptors (Lipinski definition) is 4. The van der Waals surface area contributed by atoms with E-state index in [-0.39, 0.29) is 11.7 Å². The zero-order chi connectivity index (χ0) is 22.2. The van der Waals surface area contributed by atoms with Crippen molar-refractivity contribution >= 4 is 29.4 Å². The Labute approximate surface area is 184 Å². The number of halogens is 2. The Morgan fingerprint density at radius 3 is 2.52 bits per heavy atom. The Morgan fingerprint density at radius 1 is 1.13 bits per heavy atom. The van der Waals surface area contributed by atoms with Crippen LogP contribution in [-0.2, 0) is 11.2 Å². The van der Waals surface area contributed by atoms with Gasteiger partial charge in [-0.05, 0) is 42.3 Å². The highest BCUT2D eigenvalue weighted by molar-refractivity contribution is 7.99. The highest BCUT2D eigenvalue weighted by atomic mass is 32.2. The molecular weight excluding hydrogens is 424 g/mol. The Hall–Kier alpha value is -2.81. The number of hydrogen-bond donors (Lipinski definition) is 2. The molecule has 1 heterocycles. The SMILES string of the molecule is CC(NC(=O)Nc1ccc(CC(=O)N2CCSCC2)cc1)c1cccc(OC(F)F)c1.